The second-order valence-electron chi connectivity index (χ2n) is 3.42. The Labute approximate surface area is 93.6 Å². The Hall–Kier alpha value is -1.92. The predicted octanol–water partition coefficient (Wildman–Crippen LogP) is 1.93. The van der Waals surface area contributed by atoms with Crippen LogP contribution in [0.15, 0.2) is 18.2 Å². The molecule has 0 aromatic heterocycles. The summed E-state index contributed by atoms with van der Waals surface area (Å²) in [4.78, 5) is 10.6. The highest BCUT2D eigenvalue weighted by atomic mass is 19.4. The molecule has 1 heterocycles. The molecule has 4 nitrogen and oxygen atoms in total. The van der Waals surface area contributed by atoms with Crippen LogP contribution in [0.25, 0.3) is 0 Å². The summed E-state index contributed by atoms with van der Waals surface area (Å²) in [5.41, 5.74) is -0.867. The number of benzene rings is 1. The molecule has 0 fully saturated rings. The molecule has 92 valence electrons. The van der Waals surface area contributed by atoms with Gasteiger partial charge >= 0.3 is 12.1 Å². The van der Waals surface area contributed by atoms with Crippen molar-refractivity contribution in [3.63, 3.8) is 0 Å². The van der Waals surface area contributed by atoms with Crippen molar-refractivity contribution in [1.29, 1.82) is 0 Å². The normalized spacial score (nSPS) is 18.9. The number of hydrogen-bond donors (Lipinski definition) is 1. The van der Waals surface area contributed by atoms with E-state index in [1.165, 1.54) is 0 Å². The molecule has 0 radical (unpaired) electrons. The van der Waals surface area contributed by atoms with Crippen LogP contribution in [-0.4, -0.2) is 23.8 Å². The lowest BCUT2D eigenvalue weighted by Gasteiger charge is -2.24. The third-order valence-electron chi connectivity index (χ3n) is 2.21. The van der Waals surface area contributed by atoms with E-state index in [2.05, 4.69) is 0 Å². The number of carboxylic acids is 1. The average molecular weight is 248 g/mol. The maximum atomic E-state index is 12.4. The molecule has 1 N–H and O–H groups in total. The van der Waals surface area contributed by atoms with Gasteiger partial charge in [-0.05, 0) is 18.2 Å². The fraction of sp³-hybridized carbons (Fsp3) is 0.300. The van der Waals surface area contributed by atoms with Crippen LogP contribution in [0, 0.1) is 0 Å². The molecule has 0 amide bonds. The van der Waals surface area contributed by atoms with Crippen LogP contribution in [0.1, 0.15) is 5.56 Å². The summed E-state index contributed by atoms with van der Waals surface area (Å²) in [6.07, 6.45) is -5.67. The van der Waals surface area contributed by atoms with Gasteiger partial charge < -0.3 is 14.6 Å². The van der Waals surface area contributed by atoms with Crippen LogP contribution < -0.4 is 9.47 Å². The molecule has 1 aliphatic rings. The van der Waals surface area contributed by atoms with E-state index in [4.69, 9.17) is 14.6 Å². The summed E-state index contributed by atoms with van der Waals surface area (Å²) in [7, 11) is 0. The summed E-state index contributed by atoms with van der Waals surface area (Å²) < 4.78 is 47.0. The van der Waals surface area contributed by atoms with E-state index in [0.29, 0.717) is 0 Å². The second kappa shape index (κ2) is 3.83. The maximum absolute atomic E-state index is 12.4. The summed E-state index contributed by atoms with van der Waals surface area (Å²) in [6.45, 7) is -0.316. The van der Waals surface area contributed by atoms with E-state index in [-0.39, 0.29) is 18.1 Å². The van der Waals surface area contributed by atoms with Gasteiger partial charge in [-0.3, -0.25) is 0 Å². The van der Waals surface area contributed by atoms with Gasteiger partial charge in [0.05, 0.1) is 5.56 Å². The van der Waals surface area contributed by atoms with Crippen molar-refractivity contribution in [3.8, 4) is 11.5 Å². The van der Waals surface area contributed by atoms with Crippen molar-refractivity contribution < 1.29 is 32.5 Å². The SMILES string of the molecule is O=C(O)[C@@H]1COc2cc(C(F)(F)F)ccc2O1. The van der Waals surface area contributed by atoms with Crippen molar-refractivity contribution in [3.05, 3.63) is 23.8 Å². The number of aliphatic carboxylic acids is 1. The Balaban J connectivity index is 2.29. The highest BCUT2D eigenvalue weighted by molar-refractivity contribution is 5.73. The zero-order chi connectivity index (χ0) is 12.6. The third kappa shape index (κ3) is 2.27. The molecule has 2 rings (SSSR count). The topological polar surface area (TPSA) is 55.8 Å². The molecule has 0 saturated heterocycles. The number of fused-ring (bicyclic) bond motifs is 1. The molecule has 1 aromatic rings. The number of rotatable bonds is 1. The number of hydrogen-bond acceptors (Lipinski definition) is 3. The fourth-order valence-electron chi connectivity index (χ4n) is 1.37. The van der Waals surface area contributed by atoms with Crippen molar-refractivity contribution in [2.75, 3.05) is 6.61 Å². The maximum Gasteiger partial charge on any atom is 0.416 e. The predicted molar refractivity (Wildman–Crippen MR) is 49.0 cm³/mol. The third-order valence-corrected chi connectivity index (χ3v) is 2.21. The number of carboxylic acid groups (broad SMARTS) is 1. The van der Waals surface area contributed by atoms with E-state index in [9.17, 15) is 18.0 Å². The van der Waals surface area contributed by atoms with Crippen LogP contribution in [0.3, 0.4) is 0 Å². The number of carbonyl (C=O) groups is 1. The van der Waals surface area contributed by atoms with Gasteiger partial charge in [-0.1, -0.05) is 0 Å². The first-order chi connectivity index (χ1) is 7.88. The molecule has 17 heavy (non-hydrogen) atoms. The van der Waals surface area contributed by atoms with Gasteiger partial charge in [-0.2, -0.15) is 13.2 Å². The first-order valence-corrected chi connectivity index (χ1v) is 4.61. The fourth-order valence-corrected chi connectivity index (χ4v) is 1.37. The summed E-state index contributed by atoms with van der Waals surface area (Å²) in [6, 6.07) is 2.65. The number of halogens is 3. The Kier molecular flexibility index (Phi) is 2.60. The van der Waals surface area contributed by atoms with Crippen LogP contribution >= 0.6 is 0 Å². The van der Waals surface area contributed by atoms with Crippen molar-refractivity contribution in [2.24, 2.45) is 0 Å². The van der Waals surface area contributed by atoms with Gasteiger partial charge in [-0.15, -0.1) is 0 Å². The first-order valence-electron chi connectivity index (χ1n) is 4.61. The molecule has 0 unspecified atom stereocenters. The van der Waals surface area contributed by atoms with Crippen LogP contribution in [0.5, 0.6) is 11.5 Å². The summed E-state index contributed by atoms with van der Waals surface area (Å²) >= 11 is 0. The Morgan fingerprint density at radius 1 is 1.35 bits per heavy atom. The van der Waals surface area contributed by atoms with Crippen molar-refractivity contribution >= 4 is 5.97 Å². The molecule has 0 bridgehead atoms. The summed E-state index contributed by atoms with van der Waals surface area (Å²) in [5, 5.41) is 8.66. The molecular formula is C10H7F3O4. The quantitative estimate of drug-likeness (QED) is 0.825. The van der Waals surface area contributed by atoms with E-state index in [1.807, 2.05) is 0 Å². The first kappa shape index (κ1) is 11.6. The Morgan fingerprint density at radius 2 is 2.06 bits per heavy atom. The zero-order valence-corrected chi connectivity index (χ0v) is 8.32. The lowest BCUT2D eigenvalue weighted by atomic mass is 10.2. The molecule has 1 aliphatic heterocycles. The van der Waals surface area contributed by atoms with Crippen molar-refractivity contribution in [1.82, 2.24) is 0 Å². The van der Waals surface area contributed by atoms with Gasteiger partial charge in [0.1, 0.15) is 6.61 Å². The van der Waals surface area contributed by atoms with Gasteiger partial charge in [0.15, 0.2) is 11.5 Å². The largest absolute Gasteiger partial charge is 0.485 e. The highest BCUT2D eigenvalue weighted by Crippen LogP contribution is 2.38. The van der Waals surface area contributed by atoms with E-state index < -0.39 is 23.8 Å². The van der Waals surface area contributed by atoms with Crippen LogP contribution in [0.2, 0.25) is 0 Å². The Morgan fingerprint density at radius 3 is 2.65 bits per heavy atom. The monoisotopic (exact) mass is 248 g/mol. The minimum atomic E-state index is -4.47. The Bertz CT molecular complexity index is 455. The molecule has 0 spiro atoms. The van der Waals surface area contributed by atoms with Gasteiger partial charge in [0.2, 0.25) is 6.10 Å². The standard InChI is InChI=1S/C10H7F3O4/c11-10(12,13)5-1-2-6-7(3-5)16-4-8(17-6)9(14)15/h1-3,8H,4H2,(H,14,15)/t8-/m0/s1. The number of alkyl halides is 3. The smallest absolute Gasteiger partial charge is 0.416 e. The number of ether oxygens (including phenoxy) is 2. The minimum Gasteiger partial charge on any atom is -0.485 e. The molecule has 0 saturated carbocycles. The molecule has 1 aromatic carbocycles. The summed E-state index contributed by atoms with van der Waals surface area (Å²) in [5.74, 6) is -1.33. The van der Waals surface area contributed by atoms with Crippen LogP contribution in [-0.2, 0) is 11.0 Å². The lowest BCUT2D eigenvalue weighted by molar-refractivity contribution is -0.148. The van der Waals surface area contributed by atoms with Gasteiger partial charge in [0, 0.05) is 0 Å². The van der Waals surface area contributed by atoms with E-state index in [1.54, 1.807) is 0 Å². The molecule has 0 aliphatic carbocycles. The average Bonchev–Trinajstić information content (AvgIpc) is 2.26. The van der Waals surface area contributed by atoms with E-state index >= 15 is 0 Å². The zero-order valence-electron chi connectivity index (χ0n) is 8.32. The van der Waals surface area contributed by atoms with E-state index in [0.717, 1.165) is 18.2 Å². The van der Waals surface area contributed by atoms with Crippen molar-refractivity contribution in [2.45, 2.75) is 12.3 Å². The van der Waals surface area contributed by atoms with Gasteiger partial charge in [0.25, 0.3) is 0 Å². The van der Waals surface area contributed by atoms with Gasteiger partial charge in [-0.25, -0.2) is 4.79 Å². The lowest BCUT2D eigenvalue weighted by Crippen LogP contribution is -2.36. The second-order valence-corrected chi connectivity index (χ2v) is 3.42. The highest BCUT2D eigenvalue weighted by Gasteiger charge is 2.33. The molecular weight excluding hydrogens is 241 g/mol. The molecule has 1 atom stereocenters. The minimum absolute atomic E-state index is 0.00310. The molecule has 7 heteroatoms. The van der Waals surface area contributed by atoms with Crippen LogP contribution in [0.4, 0.5) is 13.2 Å².